The van der Waals surface area contributed by atoms with Gasteiger partial charge in [0, 0.05) is 32.5 Å². The second-order valence-electron chi connectivity index (χ2n) is 6.68. The molecule has 0 bridgehead atoms. The Hall–Kier alpha value is -2.72. The molecule has 0 saturated carbocycles. The number of amides is 2. The van der Waals surface area contributed by atoms with E-state index in [1.54, 1.807) is 40.7 Å². The predicted molar refractivity (Wildman–Crippen MR) is 90.9 cm³/mol. The van der Waals surface area contributed by atoms with Gasteiger partial charge in [-0.1, -0.05) is 0 Å². The SMILES string of the molecule is Cc1ocnc1C(=O)N1CCOC2(C1)CN(C(=O)c1nccn1C)CCO2. The number of oxazole rings is 1. The molecule has 1 spiro atoms. The molecule has 0 aromatic carbocycles. The van der Waals surface area contributed by atoms with Crippen molar-refractivity contribution >= 4 is 11.8 Å². The molecular formula is C17H21N5O5. The van der Waals surface area contributed by atoms with Gasteiger partial charge in [0.1, 0.15) is 5.76 Å². The first-order valence-electron chi connectivity index (χ1n) is 8.73. The van der Waals surface area contributed by atoms with Crippen LogP contribution in [0.15, 0.2) is 23.2 Å². The van der Waals surface area contributed by atoms with E-state index in [0.29, 0.717) is 37.9 Å². The highest BCUT2D eigenvalue weighted by Crippen LogP contribution is 2.26. The molecule has 0 aliphatic carbocycles. The Kier molecular flexibility index (Phi) is 4.44. The van der Waals surface area contributed by atoms with Crippen molar-refractivity contribution < 1.29 is 23.5 Å². The van der Waals surface area contributed by atoms with Crippen LogP contribution < -0.4 is 0 Å². The van der Waals surface area contributed by atoms with E-state index >= 15 is 0 Å². The Morgan fingerprint density at radius 2 is 1.74 bits per heavy atom. The molecule has 27 heavy (non-hydrogen) atoms. The maximum atomic E-state index is 12.8. The molecule has 10 nitrogen and oxygen atoms in total. The van der Waals surface area contributed by atoms with E-state index in [4.69, 9.17) is 13.9 Å². The lowest BCUT2D eigenvalue weighted by Crippen LogP contribution is -2.63. The van der Waals surface area contributed by atoms with Crippen LogP contribution in [-0.4, -0.2) is 81.3 Å². The summed E-state index contributed by atoms with van der Waals surface area (Å²) in [5.74, 6) is -0.652. The fourth-order valence-corrected chi connectivity index (χ4v) is 3.42. The molecule has 144 valence electrons. The van der Waals surface area contributed by atoms with Gasteiger partial charge in [0.2, 0.25) is 5.79 Å². The summed E-state index contributed by atoms with van der Waals surface area (Å²) in [7, 11) is 1.77. The third-order valence-electron chi connectivity index (χ3n) is 4.85. The van der Waals surface area contributed by atoms with Crippen molar-refractivity contribution in [3.8, 4) is 0 Å². The summed E-state index contributed by atoms with van der Waals surface area (Å²) in [5, 5.41) is 0. The maximum absolute atomic E-state index is 12.8. The van der Waals surface area contributed by atoms with E-state index in [9.17, 15) is 9.59 Å². The Morgan fingerprint density at radius 1 is 1.07 bits per heavy atom. The molecule has 10 heteroatoms. The lowest BCUT2D eigenvalue weighted by Gasteiger charge is -2.47. The minimum Gasteiger partial charge on any atom is -0.448 e. The monoisotopic (exact) mass is 375 g/mol. The fraction of sp³-hybridized carbons (Fsp3) is 0.529. The van der Waals surface area contributed by atoms with Crippen LogP contribution in [0.3, 0.4) is 0 Å². The topological polar surface area (TPSA) is 103 Å². The molecule has 1 unspecified atom stereocenters. The van der Waals surface area contributed by atoms with Gasteiger partial charge in [-0.05, 0) is 6.92 Å². The Bertz CT molecular complexity index is 789. The van der Waals surface area contributed by atoms with E-state index in [1.807, 2.05) is 0 Å². The quantitative estimate of drug-likeness (QED) is 0.731. The van der Waals surface area contributed by atoms with Crippen LogP contribution in [0.4, 0.5) is 0 Å². The van der Waals surface area contributed by atoms with Gasteiger partial charge < -0.3 is 28.3 Å². The summed E-state index contributed by atoms with van der Waals surface area (Å²) < 4.78 is 18.6. The summed E-state index contributed by atoms with van der Waals surface area (Å²) in [6.07, 6.45) is 4.56. The number of carbonyl (C=O) groups excluding carboxylic acids is 2. The van der Waals surface area contributed by atoms with Gasteiger partial charge in [-0.2, -0.15) is 0 Å². The average molecular weight is 375 g/mol. The van der Waals surface area contributed by atoms with Gasteiger partial charge in [-0.25, -0.2) is 9.97 Å². The molecule has 0 radical (unpaired) electrons. The largest absolute Gasteiger partial charge is 0.448 e. The number of rotatable bonds is 2. The normalized spacial score (nSPS) is 23.0. The lowest BCUT2D eigenvalue weighted by atomic mass is 10.1. The van der Waals surface area contributed by atoms with E-state index < -0.39 is 5.79 Å². The van der Waals surface area contributed by atoms with Crippen molar-refractivity contribution in [1.29, 1.82) is 0 Å². The number of morpholine rings is 2. The number of aryl methyl sites for hydroxylation is 2. The predicted octanol–water partition coefficient (Wildman–Crippen LogP) is 0.0578. The molecule has 2 aromatic heterocycles. The van der Waals surface area contributed by atoms with Crippen LogP contribution in [0.25, 0.3) is 0 Å². The zero-order chi connectivity index (χ0) is 19.0. The van der Waals surface area contributed by atoms with Gasteiger partial charge in [0.05, 0.1) is 26.3 Å². The zero-order valence-corrected chi connectivity index (χ0v) is 15.3. The number of hydrogen-bond acceptors (Lipinski definition) is 7. The number of ether oxygens (including phenoxy) is 2. The molecule has 2 fully saturated rings. The maximum Gasteiger partial charge on any atom is 0.290 e. The van der Waals surface area contributed by atoms with E-state index in [0.717, 1.165) is 0 Å². The van der Waals surface area contributed by atoms with Crippen LogP contribution in [0, 0.1) is 6.92 Å². The number of hydrogen-bond donors (Lipinski definition) is 0. The van der Waals surface area contributed by atoms with Gasteiger partial charge in [0.15, 0.2) is 17.9 Å². The van der Waals surface area contributed by atoms with Crippen LogP contribution in [0.1, 0.15) is 26.9 Å². The number of carbonyl (C=O) groups is 2. The van der Waals surface area contributed by atoms with Gasteiger partial charge in [-0.15, -0.1) is 0 Å². The van der Waals surface area contributed by atoms with E-state index in [-0.39, 0.29) is 30.6 Å². The van der Waals surface area contributed by atoms with Gasteiger partial charge in [0.25, 0.3) is 11.8 Å². The molecule has 2 aliphatic rings. The Labute approximate surface area is 155 Å². The smallest absolute Gasteiger partial charge is 0.290 e. The third-order valence-corrected chi connectivity index (χ3v) is 4.85. The van der Waals surface area contributed by atoms with Crippen molar-refractivity contribution in [2.45, 2.75) is 12.7 Å². The molecule has 2 saturated heterocycles. The summed E-state index contributed by atoms with van der Waals surface area (Å²) in [6, 6.07) is 0. The minimum absolute atomic E-state index is 0.190. The first-order chi connectivity index (χ1) is 13.0. The third kappa shape index (κ3) is 3.21. The highest BCUT2D eigenvalue weighted by atomic mass is 16.7. The highest BCUT2D eigenvalue weighted by Gasteiger charge is 2.45. The fourth-order valence-electron chi connectivity index (χ4n) is 3.42. The molecule has 2 aromatic rings. The number of nitrogens with zero attached hydrogens (tertiary/aromatic N) is 5. The molecule has 2 aliphatic heterocycles. The molecule has 4 heterocycles. The second kappa shape index (κ2) is 6.78. The second-order valence-corrected chi connectivity index (χ2v) is 6.68. The van der Waals surface area contributed by atoms with Crippen LogP contribution in [0.5, 0.6) is 0 Å². The summed E-state index contributed by atoms with van der Waals surface area (Å²) in [4.78, 5) is 36.9. The number of aromatic nitrogens is 3. The van der Waals surface area contributed by atoms with Crippen molar-refractivity contribution in [3.63, 3.8) is 0 Å². The summed E-state index contributed by atoms with van der Waals surface area (Å²) >= 11 is 0. The van der Waals surface area contributed by atoms with Gasteiger partial charge in [-0.3, -0.25) is 9.59 Å². The van der Waals surface area contributed by atoms with E-state index in [2.05, 4.69) is 9.97 Å². The molecule has 1 atom stereocenters. The molecule has 2 amide bonds. The molecular weight excluding hydrogens is 354 g/mol. The summed E-state index contributed by atoms with van der Waals surface area (Å²) in [6.45, 7) is 3.62. The van der Waals surface area contributed by atoms with Crippen LogP contribution in [0.2, 0.25) is 0 Å². The first-order valence-corrected chi connectivity index (χ1v) is 8.73. The lowest BCUT2D eigenvalue weighted by molar-refractivity contribution is -0.282. The minimum atomic E-state index is -1.05. The summed E-state index contributed by atoms with van der Waals surface area (Å²) in [5.41, 5.74) is 0.281. The Balaban J connectivity index is 1.50. The first kappa shape index (κ1) is 17.7. The molecule has 4 rings (SSSR count). The number of imidazole rings is 1. The zero-order valence-electron chi connectivity index (χ0n) is 15.3. The highest BCUT2D eigenvalue weighted by molar-refractivity contribution is 5.93. The Morgan fingerprint density at radius 3 is 2.30 bits per heavy atom. The standard InChI is InChI=1S/C17H21N5O5/c1-12-13(19-11-25-12)15(23)21-5-7-26-17(9-21)10-22(6-8-27-17)16(24)14-18-3-4-20(14)2/h3-4,11H,5-10H2,1-2H3. The average Bonchev–Trinajstić information content (AvgIpc) is 3.28. The van der Waals surface area contributed by atoms with Crippen molar-refractivity contribution in [1.82, 2.24) is 24.3 Å². The van der Waals surface area contributed by atoms with Gasteiger partial charge >= 0.3 is 0 Å². The van der Waals surface area contributed by atoms with Crippen LogP contribution >= 0.6 is 0 Å². The van der Waals surface area contributed by atoms with E-state index in [1.165, 1.54) is 6.39 Å². The van der Waals surface area contributed by atoms with Crippen molar-refractivity contribution in [2.24, 2.45) is 7.05 Å². The molecule has 0 N–H and O–H groups in total. The van der Waals surface area contributed by atoms with Crippen molar-refractivity contribution in [3.05, 3.63) is 36.1 Å². The van der Waals surface area contributed by atoms with Crippen LogP contribution in [-0.2, 0) is 16.5 Å². The van der Waals surface area contributed by atoms with Crippen molar-refractivity contribution in [2.75, 3.05) is 39.4 Å².